The molecule has 0 spiro atoms. The first-order chi connectivity index (χ1) is 12.1. The van der Waals surface area contributed by atoms with Crippen molar-refractivity contribution >= 4 is 16.9 Å². The lowest BCUT2D eigenvalue weighted by Crippen LogP contribution is -2.27. The molecule has 0 saturated heterocycles. The molecule has 5 heteroatoms. The van der Waals surface area contributed by atoms with Crippen LogP contribution in [-0.4, -0.2) is 19.2 Å². The quantitative estimate of drug-likeness (QED) is 0.523. The van der Waals surface area contributed by atoms with E-state index in [1.807, 2.05) is 43.3 Å². The second-order valence-electron chi connectivity index (χ2n) is 5.54. The second kappa shape index (κ2) is 7.21. The molecule has 3 aromatic rings. The van der Waals surface area contributed by atoms with Crippen molar-refractivity contribution in [3.8, 4) is 16.9 Å². The molecule has 0 saturated carbocycles. The van der Waals surface area contributed by atoms with Gasteiger partial charge in [0.05, 0.1) is 7.11 Å². The smallest absolute Gasteiger partial charge is 0.347 e. The summed E-state index contributed by atoms with van der Waals surface area (Å²) in [6, 6.07) is 16.3. The fourth-order valence-corrected chi connectivity index (χ4v) is 2.67. The van der Waals surface area contributed by atoms with Crippen molar-refractivity contribution in [1.82, 2.24) is 0 Å². The second-order valence-corrected chi connectivity index (χ2v) is 5.54. The number of esters is 1. The molecular weight excluding hydrogens is 320 g/mol. The third kappa shape index (κ3) is 3.55. The van der Waals surface area contributed by atoms with E-state index in [2.05, 4.69) is 0 Å². The number of hydrogen-bond acceptors (Lipinski definition) is 5. The van der Waals surface area contributed by atoms with Crippen LogP contribution in [0.5, 0.6) is 5.75 Å². The van der Waals surface area contributed by atoms with Crippen molar-refractivity contribution in [1.29, 1.82) is 0 Å². The predicted molar refractivity (Wildman–Crippen MR) is 94.6 cm³/mol. The molecule has 1 aromatic heterocycles. The van der Waals surface area contributed by atoms with Gasteiger partial charge in [0, 0.05) is 17.5 Å². The van der Waals surface area contributed by atoms with Crippen LogP contribution >= 0.6 is 0 Å². The summed E-state index contributed by atoms with van der Waals surface area (Å²) in [7, 11) is 1.32. The van der Waals surface area contributed by atoms with E-state index in [0.29, 0.717) is 17.8 Å². The maximum Gasteiger partial charge on any atom is 0.347 e. The minimum Gasteiger partial charge on any atom is -0.479 e. The molecule has 0 N–H and O–H groups in total. The fraction of sp³-hybridized carbons (Fsp3) is 0.200. The Morgan fingerprint density at radius 3 is 2.56 bits per heavy atom. The van der Waals surface area contributed by atoms with Gasteiger partial charge in [-0.1, -0.05) is 37.3 Å². The normalized spacial score (nSPS) is 11.9. The standard InChI is InChI=1S/C20H18O5/c1-3-17(20(22)23-2)24-14-9-10-15-16(13-7-5-4-6-8-13)12-19(21)25-18(15)11-14/h4-12,17H,3H2,1-2H3. The Labute approximate surface area is 144 Å². The molecule has 1 heterocycles. The molecule has 1 unspecified atom stereocenters. The molecule has 25 heavy (non-hydrogen) atoms. The molecule has 0 bridgehead atoms. The Balaban J connectivity index is 2.04. The van der Waals surface area contributed by atoms with Gasteiger partial charge in [0.15, 0.2) is 6.10 Å². The Morgan fingerprint density at radius 1 is 1.12 bits per heavy atom. The topological polar surface area (TPSA) is 65.7 Å². The highest BCUT2D eigenvalue weighted by Crippen LogP contribution is 2.30. The van der Waals surface area contributed by atoms with Gasteiger partial charge in [-0.25, -0.2) is 9.59 Å². The maximum atomic E-state index is 11.9. The molecule has 128 valence electrons. The number of methoxy groups -OCH3 is 1. The molecule has 5 nitrogen and oxygen atoms in total. The summed E-state index contributed by atoms with van der Waals surface area (Å²) in [6.07, 6.45) is -0.231. The van der Waals surface area contributed by atoms with E-state index in [0.717, 1.165) is 16.5 Å². The van der Waals surface area contributed by atoms with Crippen LogP contribution < -0.4 is 10.4 Å². The molecule has 1 atom stereocenters. The lowest BCUT2D eigenvalue weighted by atomic mass is 10.0. The van der Waals surface area contributed by atoms with E-state index in [1.165, 1.54) is 13.2 Å². The highest BCUT2D eigenvalue weighted by atomic mass is 16.6. The highest BCUT2D eigenvalue weighted by Gasteiger charge is 2.19. The van der Waals surface area contributed by atoms with Crippen molar-refractivity contribution in [2.24, 2.45) is 0 Å². The largest absolute Gasteiger partial charge is 0.479 e. The molecule has 0 amide bonds. The summed E-state index contributed by atoms with van der Waals surface area (Å²) >= 11 is 0. The van der Waals surface area contributed by atoms with E-state index in [1.54, 1.807) is 12.1 Å². The third-order valence-electron chi connectivity index (χ3n) is 3.91. The minimum absolute atomic E-state index is 0.406. The monoisotopic (exact) mass is 338 g/mol. The van der Waals surface area contributed by atoms with Gasteiger partial charge in [-0.3, -0.25) is 0 Å². The van der Waals surface area contributed by atoms with Crippen molar-refractivity contribution in [2.75, 3.05) is 7.11 Å². The molecular formula is C20H18O5. The van der Waals surface area contributed by atoms with Crippen molar-refractivity contribution in [3.63, 3.8) is 0 Å². The van der Waals surface area contributed by atoms with Gasteiger partial charge in [-0.2, -0.15) is 0 Å². The summed E-state index contributed by atoms with van der Waals surface area (Å²) < 4.78 is 15.7. The summed E-state index contributed by atoms with van der Waals surface area (Å²) in [5.41, 5.74) is 1.68. The number of hydrogen-bond donors (Lipinski definition) is 0. The number of rotatable bonds is 5. The molecule has 3 rings (SSSR count). The van der Waals surface area contributed by atoms with Crippen LogP contribution in [0.3, 0.4) is 0 Å². The first-order valence-electron chi connectivity index (χ1n) is 8.00. The van der Waals surface area contributed by atoms with Crippen LogP contribution in [0.4, 0.5) is 0 Å². The molecule has 0 radical (unpaired) electrons. The van der Waals surface area contributed by atoms with Crippen LogP contribution in [0.1, 0.15) is 13.3 Å². The summed E-state index contributed by atoms with van der Waals surface area (Å²) in [5.74, 6) is 0.000183. The summed E-state index contributed by atoms with van der Waals surface area (Å²) in [6.45, 7) is 1.83. The molecule has 0 aliphatic rings. The summed E-state index contributed by atoms with van der Waals surface area (Å²) in [4.78, 5) is 23.6. The zero-order valence-corrected chi connectivity index (χ0v) is 14.0. The predicted octanol–water partition coefficient (Wildman–Crippen LogP) is 3.79. The average Bonchev–Trinajstić information content (AvgIpc) is 2.65. The van der Waals surface area contributed by atoms with Gasteiger partial charge in [-0.05, 0) is 29.7 Å². The number of fused-ring (bicyclic) bond motifs is 1. The van der Waals surface area contributed by atoms with Gasteiger partial charge in [0.1, 0.15) is 11.3 Å². The number of carbonyl (C=O) groups excluding carboxylic acids is 1. The number of ether oxygens (including phenoxy) is 2. The van der Waals surface area contributed by atoms with Crippen LogP contribution in [0.2, 0.25) is 0 Å². The van der Waals surface area contributed by atoms with Crippen molar-refractivity contribution in [3.05, 3.63) is 65.0 Å². The van der Waals surface area contributed by atoms with Crippen molar-refractivity contribution < 1.29 is 18.7 Å². The lowest BCUT2D eigenvalue weighted by Gasteiger charge is -2.15. The average molecular weight is 338 g/mol. The van der Waals surface area contributed by atoms with Crippen LogP contribution in [-0.2, 0) is 9.53 Å². The fourth-order valence-electron chi connectivity index (χ4n) is 2.67. The zero-order chi connectivity index (χ0) is 17.8. The highest BCUT2D eigenvalue weighted by molar-refractivity contribution is 5.93. The van der Waals surface area contributed by atoms with Gasteiger partial charge < -0.3 is 13.9 Å². The van der Waals surface area contributed by atoms with Crippen LogP contribution in [0, 0.1) is 0 Å². The van der Waals surface area contributed by atoms with E-state index in [9.17, 15) is 9.59 Å². The van der Waals surface area contributed by atoms with Crippen LogP contribution in [0.15, 0.2) is 63.8 Å². The van der Waals surface area contributed by atoms with Crippen molar-refractivity contribution in [2.45, 2.75) is 19.4 Å². The van der Waals surface area contributed by atoms with E-state index in [-0.39, 0.29) is 0 Å². The molecule has 0 fully saturated rings. The minimum atomic E-state index is -0.702. The molecule has 0 aliphatic heterocycles. The summed E-state index contributed by atoms with van der Waals surface area (Å²) in [5, 5.41) is 0.796. The SMILES string of the molecule is CCC(Oc1ccc2c(-c3ccccc3)cc(=O)oc2c1)C(=O)OC. The Kier molecular flexibility index (Phi) is 4.84. The Morgan fingerprint density at radius 2 is 1.88 bits per heavy atom. The Bertz CT molecular complexity index is 943. The van der Waals surface area contributed by atoms with Gasteiger partial charge in [0.25, 0.3) is 0 Å². The lowest BCUT2D eigenvalue weighted by molar-refractivity contribution is -0.148. The van der Waals surface area contributed by atoms with E-state index < -0.39 is 17.7 Å². The van der Waals surface area contributed by atoms with E-state index >= 15 is 0 Å². The zero-order valence-electron chi connectivity index (χ0n) is 14.0. The first kappa shape index (κ1) is 16.8. The number of carbonyl (C=O) groups is 1. The van der Waals surface area contributed by atoms with Gasteiger partial charge >= 0.3 is 11.6 Å². The van der Waals surface area contributed by atoms with E-state index in [4.69, 9.17) is 13.9 Å². The Hall–Kier alpha value is -3.08. The molecule has 0 aliphatic carbocycles. The first-order valence-corrected chi connectivity index (χ1v) is 8.00. The van der Waals surface area contributed by atoms with Gasteiger partial charge in [-0.15, -0.1) is 0 Å². The molecule has 2 aromatic carbocycles. The van der Waals surface area contributed by atoms with Gasteiger partial charge in [0.2, 0.25) is 0 Å². The van der Waals surface area contributed by atoms with Crippen LogP contribution in [0.25, 0.3) is 22.1 Å². The third-order valence-corrected chi connectivity index (χ3v) is 3.91. The maximum absolute atomic E-state index is 11.9. The number of benzene rings is 2.